The molecule has 2 heteroatoms. The molecule has 0 fully saturated rings. The van der Waals surface area contributed by atoms with Gasteiger partial charge in [-0.15, -0.1) is 0 Å². The third kappa shape index (κ3) is 4.09. The summed E-state index contributed by atoms with van der Waals surface area (Å²) in [5.41, 5.74) is 5.50. The van der Waals surface area contributed by atoms with Crippen molar-refractivity contribution in [2.24, 2.45) is 0 Å². The fourth-order valence-corrected chi connectivity index (χ4v) is 6.00. The quantitative estimate of drug-likeness (QED) is 0.214. The lowest BCUT2D eigenvalue weighted by atomic mass is 9.98. The topological polar surface area (TPSA) is 16.1 Å². The van der Waals surface area contributed by atoms with Crippen LogP contribution in [0, 0.1) is 0 Å². The average Bonchev–Trinajstić information content (AvgIpc) is 3.05. The van der Waals surface area contributed by atoms with Gasteiger partial charge in [0, 0.05) is 33.9 Å². The van der Waals surface area contributed by atoms with Gasteiger partial charge in [0.15, 0.2) is 0 Å². The van der Waals surface area contributed by atoms with Gasteiger partial charge < -0.3 is 4.90 Å². The number of aromatic nitrogens is 1. The number of hydrogen-bond donors (Lipinski definition) is 0. The van der Waals surface area contributed by atoms with Gasteiger partial charge in [-0.3, -0.25) is 4.98 Å². The molecular formula is C39H26N2. The number of nitrogens with zero attached hydrogens (tertiary/aromatic N) is 2. The van der Waals surface area contributed by atoms with Gasteiger partial charge in [-0.1, -0.05) is 109 Å². The summed E-state index contributed by atoms with van der Waals surface area (Å²) in [6.07, 6.45) is 1.97. The number of hydrogen-bond acceptors (Lipinski definition) is 2. The first-order chi connectivity index (χ1) is 20.3. The van der Waals surface area contributed by atoms with Crippen LogP contribution in [-0.4, -0.2) is 4.98 Å². The molecule has 0 aliphatic rings. The molecule has 0 spiro atoms. The Morgan fingerprint density at radius 1 is 0.415 bits per heavy atom. The molecule has 8 aromatic rings. The number of benzene rings is 7. The van der Waals surface area contributed by atoms with Crippen molar-refractivity contribution in [1.82, 2.24) is 4.98 Å². The number of para-hydroxylation sites is 1. The van der Waals surface area contributed by atoms with Gasteiger partial charge in [-0.2, -0.15) is 0 Å². The van der Waals surface area contributed by atoms with Gasteiger partial charge in [0.1, 0.15) is 0 Å². The highest BCUT2D eigenvalue weighted by Gasteiger charge is 2.17. The Morgan fingerprint density at radius 2 is 1.12 bits per heavy atom. The minimum absolute atomic E-state index is 0.983. The van der Waals surface area contributed by atoms with Gasteiger partial charge in [-0.05, 0) is 74.8 Å². The summed E-state index contributed by atoms with van der Waals surface area (Å²) in [6.45, 7) is 0. The largest absolute Gasteiger partial charge is 0.310 e. The molecule has 0 aliphatic heterocycles. The first-order valence-electron chi connectivity index (χ1n) is 14.0. The lowest BCUT2D eigenvalue weighted by Crippen LogP contribution is -2.10. The van der Waals surface area contributed by atoms with Crippen LogP contribution in [-0.2, 0) is 0 Å². The molecule has 8 rings (SSSR count). The van der Waals surface area contributed by atoms with E-state index in [1.54, 1.807) is 0 Å². The van der Waals surface area contributed by atoms with E-state index in [-0.39, 0.29) is 0 Å². The monoisotopic (exact) mass is 522 g/mol. The molecule has 0 unspecified atom stereocenters. The van der Waals surface area contributed by atoms with Gasteiger partial charge in [-0.25, -0.2) is 0 Å². The van der Waals surface area contributed by atoms with Gasteiger partial charge in [0.2, 0.25) is 0 Å². The third-order valence-corrected chi connectivity index (χ3v) is 8.01. The molecule has 0 N–H and O–H groups in total. The van der Waals surface area contributed by atoms with Gasteiger partial charge in [0.05, 0.1) is 11.4 Å². The van der Waals surface area contributed by atoms with E-state index in [1.165, 1.54) is 37.7 Å². The third-order valence-electron chi connectivity index (χ3n) is 8.01. The van der Waals surface area contributed by atoms with Crippen molar-refractivity contribution in [3.63, 3.8) is 0 Å². The van der Waals surface area contributed by atoms with Crippen molar-refractivity contribution < 1.29 is 0 Å². The van der Waals surface area contributed by atoms with E-state index in [0.29, 0.717) is 0 Å². The van der Waals surface area contributed by atoms with Crippen molar-refractivity contribution in [3.05, 3.63) is 158 Å². The maximum Gasteiger partial charge on any atom is 0.0708 e. The van der Waals surface area contributed by atoms with Crippen LogP contribution in [0.15, 0.2) is 158 Å². The number of pyridine rings is 1. The van der Waals surface area contributed by atoms with E-state index in [1.807, 2.05) is 6.20 Å². The Morgan fingerprint density at radius 3 is 2.02 bits per heavy atom. The zero-order valence-corrected chi connectivity index (χ0v) is 22.4. The second-order valence-electron chi connectivity index (χ2n) is 10.5. The number of rotatable bonds is 4. The van der Waals surface area contributed by atoms with Gasteiger partial charge >= 0.3 is 0 Å². The van der Waals surface area contributed by atoms with E-state index in [4.69, 9.17) is 4.98 Å². The highest BCUT2D eigenvalue weighted by Crippen LogP contribution is 2.42. The summed E-state index contributed by atoms with van der Waals surface area (Å²) < 4.78 is 0. The zero-order chi connectivity index (χ0) is 27.2. The van der Waals surface area contributed by atoms with Crippen LogP contribution in [0.25, 0.3) is 54.3 Å². The molecule has 0 saturated carbocycles. The second-order valence-corrected chi connectivity index (χ2v) is 10.5. The van der Waals surface area contributed by atoms with E-state index in [0.717, 1.165) is 33.7 Å². The molecule has 0 aliphatic carbocycles. The Bertz CT molecular complexity index is 2220. The molecule has 0 radical (unpaired) electrons. The highest BCUT2D eigenvalue weighted by atomic mass is 15.1. The van der Waals surface area contributed by atoms with Crippen LogP contribution < -0.4 is 4.90 Å². The lowest BCUT2D eigenvalue weighted by molar-refractivity contribution is 1.30. The van der Waals surface area contributed by atoms with Crippen LogP contribution in [0.2, 0.25) is 0 Å². The zero-order valence-electron chi connectivity index (χ0n) is 22.4. The summed E-state index contributed by atoms with van der Waals surface area (Å²) in [4.78, 5) is 7.17. The van der Waals surface area contributed by atoms with E-state index < -0.39 is 0 Å². The number of anilines is 3. The predicted octanol–water partition coefficient (Wildman–Crippen LogP) is 10.8. The highest BCUT2D eigenvalue weighted by molar-refractivity contribution is 6.15. The van der Waals surface area contributed by atoms with Crippen molar-refractivity contribution in [3.8, 4) is 11.3 Å². The van der Waals surface area contributed by atoms with Crippen LogP contribution in [0.1, 0.15) is 0 Å². The maximum atomic E-state index is 4.79. The summed E-state index contributed by atoms with van der Waals surface area (Å²) in [5, 5.41) is 9.72. The smallest absolute Gasteiger partial charge is 0.0708 e. The van der Waals surface area contributed by atoms with E-state index >= 15 is 0 Å². The van der Waals surface area contributed by atoms with Crippen LogP contribution in [0.4, 0.5) is 17.1 Å². The SMILES string of the molecule is c1ccc(N(c2ccc3ccc(-c4cc5ccccc5cn4)cc3c2)c2cccc3ccc4ccccc4c23)cc1. The standard InChI is InChI=1S/C39H26N2/c1-2-13-34(14-3-1)41(38-16-8-12-29-19-18-28-9-6-7-15-36(28)39(29)38)35-22-21-27-17-20-31(23-33(27)24-35)37-25-30-10-4-5-11-32(30)26-40-37/h1-26H. The van der Waals surface area contributed by atoms with Gasteiger partial charge in [0.25, 0.3) is 0 Å². The molecule has 41 heavy (non-hydrogen) atoms. The summed E-state index contributed by atoms with van der Waals surface area (Å²) >= 11 is 0. The van der Waals surface area contributed by atoms with Crippen molar-refractivity contribution >= 4 is 60.2 Å². The Labute approximate surface area is 238 Å². The van der Waals surface area contributed by atoms with Crippen LogP contribution >= 0.6 is 0 Å². The lowest BCUT2D eigenvalue weighted by Gasteiger charge is -2.27. The summed E-state index contributed by atoms with van der Waals surface area (Å²) in [7, 11) is 0. The Hall–Kier alpha value is -5.47. The fraction of sp³-hybridized carbons (Fsp3) is 0. The molecule has 0 bridgehead atoms. The molecule has 2 nitrogen and oxygen atoms in total. The normalized spacial score (nSPS) is 11.4. The Kier molecular flexibility index (Phi) is 5.49. The minimum atomic E-state index is 0.983. The molecule has 192 valence electrons. The molecule has 1 heterocycles. The second kappa shape index (κ2) is 9.62. The first-order valence-corrected chi connectivity index (χ1v) is 14.0. The first kappa shape index (κ1) is 23.4. The predicted molar refractivity (Wildman–Crippen MR) is 174 cm³/mol. The Balaban J connectivity index is 1.33. The van der Waals surface area contributed by atoms with E-state index in [9.17, 15) is 0 Å². The minimum Gasteiger partial charge on any atom is -0.310 e. The molecule has 0 amide bonds. The molecule has 7 aromatic carbocycles. The maximum absolute atomic E-state index is 4.79. The average molecular weight is 523 g/mol. The van der Waals surface area contributed by atoms with Crippen molar-refractivity contribution in [2.45, 2.75) is 0 Å². The molecule has 0 atom stereocenters. The molecule has 1 aromatic heterocycles. The van der Waals surface area contributed by atoms with Crippen LogP contribution in [0.3, 0.4) is 0 Å². The summed E-state index contributed by atoms with van der Waals surface area (Å²) in [5.74, 6) is 0. The van der Waals surface area contributed by atoms with Crippen molar-refractivity contribution in [2.75, 3.05) is 4.90 Å². The van der Waals surface area contributed by atoms with Crippen molar-refractivity contribution in [1.29, 1.82) is 0 Å². The summed E-state index contributed by atoms with van der Waals surface area (Å²) in [6, 6.07) is 54.3. The number of fused-ring (bicyclic) bond motifs is 5. The molecule has 0 saturated heterocycles. The molecular weight excluding hydrogens is 496 g/mol. The van der Waals surface area contributed by atoms with Crippen LogP contribution in [0.5, 0.6) is 0 Å². The van der Waals surface area contributed by atoms with E-state index in [2.05, 4.69) is 157 Å². The fourth-order valence-electron chi connectivity index (χ4n) is 6.00.